The SMILES string of the molecule is CC1NCCC1C(=O)N1CCCC(CNS(C)(=O)=O)C1. The fourth-order valence-electron chi connectivity index (χ4n) is 3.13. The van der Waals surface area contributed by atoms with Crippen LogP contribution in [0.25, 0.3) is 0 Å². The maximum Gasteiger partial charge on any atom is 0.227 e. The van der Waals surface area contributed by atoms with Gasteiger partial charge < -0.3 is 10.2 Å². The molecule has 0 spiro atoms. The quantitative estimate of drug-likeness (QED) is 0.752. The minimum atomic E-state index is -3.15. The van der Waals surface area contributed by atoms with E-state index < -0.39 is 10.0 Å². The Morgan fingerprint density at radius 1 is 1.40 bits per heavy atom. The van der Waals surface area contributed by atoms with Crippen molar-refractivity contribution < 1.29 is 13.2 Å². The van der Waals surface area contributed by atoms with Gasteiger partial charge in [0.05, 0.1) is 12.2 Å². The van der Waals surface area contributed by atoms with Crippen LogP contribution in [-0.2, 0) is 14.8 Å². The van der Waals surface area contributed by atoms with Crippen molar-refractivity contribution in [3.8, 4) is 0 Å². The maximum absolute atomic E-state index is 12.5. The zero-order valence-corrected chi connectivity index (χ0v) is 13.1. The molecule has 0 aliphatic carbocycles. The third-order valence-corrected chi connectivity index (χ3v) is 5.00. The number of nitrogens with one attached hydrogen (secondary N) is 2. The first-order chi connectivity index (χ1) is 9.37. The number of hydrogen-bond acceptors (Lipinski definition) is 4. The van der Waals surface area contributed by atoms with Crippen molar-refractivity contribution in [2.75, 3.05) is 32.4 Å². The van der Waals surface area contributed by atoms with E-state index in [9.17, 15) is 13.2 Å². The lowest BCUT2D eigenvalue weighted by Gasteiger charge is -2.35. The summed E-state index contributed by atoms with van der Waals surface area (Å²) in [6, 6.07) is 0.247. The molecule has 1 amide bonds. The van der Waals surface area contributed by atoms with E-state index in [0.29, 0.717) is 13.1 Å². The lowest BCUT2D eigenvalue weighted by Crippen LogP contribution is -2.47. The smallest absolute Gasteiger partial charge is 0.227 e. The van der Waals surface area contributed by atoms with E-state index in [2.05, 4.69) is 17.0 Å². The summed E-state index contributed by atoms with van der Waals surface area (Å²) >= 11 is 0. The van der Waals surface area contributed by atoms with E-state index in [4.69, 9.17) is 0 Å². The van der Waals surface area contributed by atoms with Gasteiger partial charge in [0.2, 0.25) is 15.9 Å². The Morgan fingerprint density at radius 3 is 2.75 bits per heavy atom. The fraction of sp³-hybridized carbons (Fsp3) is 0.923. The van der Waals surface area contributed by atoms with Gasteiger partial charge in [-0.1, -0.05) is 0 Å². The molecular formula is C13H25N3O3S. The van der Waals surface area contributed by atoms with E-state index in [1.165, 1.54) is 6.26 Å². The first-order valence-electron chi connectivity index (χ1n) is 7.33. The number of piperidine rings is 1. The standard InChI is InChI=1S/C13H25N3O3S/c1-10-12(5-6-14-10)13(17)16-7-3-4-11(9-16)8-15-20(2,18)19/h10-12,14-15H,3-9H2,1-2H3. The third kappa shape index (κ3) is 4.17. The fourth-order valence-corrected chi connectivity index (χ4v) is 3.67. The van der Waals surface area contributed by atoms with Gasteiger partial charge >= 0.3 is 0 Å². The largest absolute Gasteiger partial charge is 0.342 e. The number of carbonyl (C=O) groups excluding carboxylic acids is 1. The Kier molecular flexibility index (Phi) is 5.04. The predicted molar refractivity (Wildman–Crippen MR) is 77.7 cm³/mol. The van der Waals surface area contributed by atoms with Crippen LogP contribution in [0.2, 0.25) is 0 Å². The molecule has 0 aromatic heterocycles. The summed E-state index contributed by atoms with van der Waals surface area (Å²) in [4.78, 5) is 14.4. The summed E-state index contributed by atoms with van der Waals surface area (Å²) in [5.74, 6) is 0.537. The second-order valence-electron chi connectivity index (χ2n) is 6.05. The second-order valence-corrected chi connectivity index (χ2v) is 7.88. The van der Waals surface area contributed by atoms with Gasteiger partial charge in [0.15, 0.2) is 0 Å². The molecule has 2 rings (SSSR count). The molecular weight excluding hydrogens is 278 g/mol. The van der Waals surface area contributed by atoms with Crippen LogP contribution in [0.15, 0.2) is 0 Å². The molecule has 2 aliphatic rings. The normalized spacial score (nSPS) is 31.5. The average Bonchev–Trinajstić information content (AvgIpc) is 2.81. The van der Waals surface area contributed by atoms with Crippen LogP contribution in [0.3, 0.4) is 0 Å². The third-order valence-electron chi connectivity index (χ3n) is 4.31. The first kappa shape index (κ1) is 15.7. The van der Waals surface area contributed by atoms with Crippen molar-refractivity contribution in [3.63, 3.8) is 0 Å². The minimum Gasteiger partial charge on any atom is -0.342 e. The van der Waals surface area contributed by atoms with Gasteiger partial charge in [0.25, 0.3) is 0 Å². The number of sulfonamides is 1. The van der Waals surface area contributed by atoms with Gasteiger partial charge in [-0.15, -0.1) is 0 Å². The number of rotatable bonds is 4. The van der Waals surface area contributed by atoms with Crippen molar-refractivity contribution >= 4 is 15.9 Å². The van der Waals surface area contributed by atoms with Crippen LogP contribution in [-0.4, -0.2) is 57.7 Å². The molecule has 0 aromatic carbocycles. The average molecular weight is 303 g/mol. The molecule has 7 heteroatoms. The van der Waals surface area contributed by atoms with Crippen molar-refractivity contribution in [3.05, 3.63) is 0 Å². The Balaban J connectivity index is 1.88. The highest BCUT2D eigenvalue weighted by Gasteiger charge is 2.34. The molecule has 2 fully saturated rings. The van der Waals surface area contributed by atoms with Crippen LogP contribution in [0.5, 0.6) is 0 Å². The van der Waals surface area contributed by atoms with Crippen LogP contribution in [0.1, 0.15) is 26.2 Å². The number of amides is 1. The van der Waals surface area contributed by atoms with E-state index in [-0.39, 0.29) is 23.8 Å². The Hall–Kier alpha value is -0.660. The lowest BCUT2D eigenvalue weighted by atomic mass is 9.94. The number of carbonyl (C=O) groups is 1. The highest BCUT2D eigenvalue weighted by atomic mass is 32.2. The molecule has 6 nitrogen and oxygen atoms in total. The Labute approximate surface area is 121 Å². The molecule has 0 radical (unpaired) electrons. The number of hydrogen-bond donors (Lipinski definition) is 2. The zero-order valence-electron chi connectivity index (χ0n) is 12.3. The van der Waals surface area contributed by atoms with Gasteiger partial charge in [-0.2, -0.15) is 0 Å². The summed E-state index contributed by atoms with van der Waals surface area (Å²) in [7, 11) is -3.15. The highest BCUT2D eigenvalue weighted by molar-refractivity contribution is 7.88. The minimum absolute atomic E-state index is 0.0802. The Bertz CT molecular complexity index is 452. The van der Waals surface area contributed by atoms with Crippen molar-refractivity contribution in [2.24, 2.45) is 11.8 Å². The highest BCUT2D eigenvalue weighted by Crippen LogP contribution is 2.23. The monoisotopic (exact) mass is 303 g/mol. The van der Waals surface area contributed by atoms with Gasteiger partial charge in [0, 0.05) is 25.7 Å². The lowest BCUT2D eigenvalue weighted by molar-refractivity contribution is -0.137. The molecule has 0 aromatic rings. The van der Waals surface area contributed by atoms with Gasteiger partial charge in [-0.05, 0) is 38.6 Å². The summed E-state index contributed by atoms with van der Waals surface area (Å²) in [5.41, 5.74) is 0. The zero-order chi connectivity index (χ0) is 14.8. The molecule has 3 atom stereocenters. The predicted octanol–water partition coefficient (Wildman–Crippen LogP) is -0.228. The molecule has 2 saturated heterocycles. The molecule has 3 unspecified atom stereocenters. The topological polar surface area (TPSA) is 78.5 Å². The van der Waals surface area contributed by atoms with E-state index in [1.807, 2.05) is 4.90 Å². The summed E-state index contributed by atoms with van der Waals surface area (Å²) in [5, 5.41) is 3.31. The van der Waals surface area contributed by atoms with Crippen LogP contribution in [0, 0.1) is 11.8 Å². The van der Waals surface area contributed by atoms with E-state index >= 15 is 0 Å². The molecule has 0 bridgehead atoms. The molecule has 20 heavy (non-hydrogen) atoms. The second kappa shape index (κ2) is 6.41. The summed E-state index contributed by atoms with van der Waals surface area (Å²) in [6.45, 7) is 4.87. The molecule has 2 N–H and O–H groups in total. The first-order valence-corrected chi connectivity index (χ1v) is 9.23. The number of nitrogens with zero attached hydrogens (tertiary/aromatic N) is 1. The molecule has 0 saturated carbocycles. The summed E-state index contributed by atoms with van der Waals surface area (Å²) < 4.78 is 24.8. The van der Waals surface area contributed by atoms with Crippen molar-refractivity contribution in [1.82, 2.24) is 14.9 Å². The molecule has 2 heterocycles. The van der Waals surface area contributed by atoms with E-state index in [1.54, 1.807) is 0 Å². The van der Waals surface area contributed by atoms with Crippen LogP contribution < -0.4 is 10.0 Å². The van der Waals surface area contributed by atoms with E-state index in [0.717, 1.165) is 32.4 Å². The van der Waals surface area contributed by atoms with Gasteiger partial charge in [-0.25, -0.2) is 13.1 Å². The van der Waals surface area contributed by atoms with Crippen LogP contribution in [0.4, 0.5) is 0 Å². The number of likely N-dealkylation sites (tertiary alicyclic amines) is 1. The van der Waals surface area contributed by atoms with Crippen molar-refractivity contribution in [2.45, 2.75) is 32.2 Å². The van der Waals surface area contributed by atoms with Gasteiger partial charge in [-0.3, -0.25) is 4.79 Å². The molecule has 116 valence electrons. The van der Waals surface area contributed by atoms with Gasteiger partial charge in [0.1, 0.15) is 0 Å². The summed E-state index contributed by atoms with van der Waals surface area (Å²) in [6.07, 6.45) is 4.01. The maximum atomic E-state index is 12.5. The van der Waals surface area contributed by atoms with Crippen molar-refractivity contribution in [1.29, 1.82) is 0 Å². The van der Waals surface area contributed by atoms with Crippen LogP contribution >= 0.6 is 0 Å². The Morgan fingerprint density at radius 2 is 2.15 bits per heavy atom. The molecule has 2 aliphatic heterocycles.